The molecule has 2 aliphatic heterocycles. The van der Waals surface area contributed by atoms with E-state index in [4.69, 9.17) is 9.84 Å². The Morgan fingerprint density at radius 2 is 2.00 bits per heavy atom. The van der Waals surface area contributed by atoms with E-state index in [0.29, 0.717) is 26.2 Å². The number of morpholine rings is 1. The lowest BCUT2D eigenvalue weighted by Crippen LogP contribution is -2.52. The first kappa shape index (κ1) is 14.2. The topological polar surface area (TPSA) is 82.1 Å². The summed E-state index contributed by atoms with van der Waals surface area (Å²) in [6.07, 6.45) is -0.421. The molecule has 1 amide bonds. The van der Waals surface area contributed by atoms with Crippen LogP contribution in [0.3, 0.4) is 0 Å². The van der Waals surface area contributed by atoms with E-state index in [2.05, 4.69) is 10.2 Å². The fourth-order valence-electron chi connectivity index (χ4n) is 2.42. The maximum absolute atomic E-state index is 12.2. The van der Waals surface area contributed by atoms with Crippen molar-refractivity contribution in [3.05, 3.63) is 0 Å². The van der Waals surface area contributed by atoms with Crippen LogP contribution in [0.5, 0.6) is 0 Å². The number of rotatable bonds is 4. The van der Waals surface area contributed by atoms with Crippen LogP contribution >= 0.6 is 0 Å². The molecule has 1 atom stereocenters. The molecule has 2 fully saturated rings. The summed E-state index contributed by atoms with van der Waals surface area (Å²) in [7, 11) is 0. The summed E-state index contributed by atoms with van der Waals surface area (Å²) in [5, 5.41) is 12.0. The number of carboxylic acids is 1. The van der Waals surface area contributed by atoms with Gasteiger partial charge in [-0.3, -0.25) is 14.5 Å². The van der Waals surface area contributed by atoms with Gasteiger partial charge in [-0.25, -0.2) is 0 Å². The molecule has 2 aliphatic rings. The first-order valence-corrected chi connectivity index (χ1v) is 6.69. The van der Waals surface area contributed by atoms with Gasteiger partial charge in [0.05, 0.1) is 25.7 Å². The number of carboxylic acid groups (broad SMARTS) is 1. The number of aliphatic carboxylic acids is 1. The number of carbonyl (C=O) groups excluding carboxylic acids is 1. The van der Waals surface area contributed by atoms with E-state index in [1.54, 1.807) is 4.90 Å². The minimum atomic E-state index is -0.888. The molecule has 1 unspecified atom stereocenters. The molecule has 7 nitrogen and oxygen atoms in total. The number of piperazine rings is 1. The van der Waals surface area contributed by atoms with Crippen LogP contribution in [0.25, 0.3) is 0 Å². The molecule has 7 heteroatoms. The third kappa shape index (κ3) is 4.45. The smallest absolute Gasteiger partial charge is 0.306 e. The van der Waals surface area contributed by atoms with Crippen molar-refractivity contribution in [2.45, 2.75) is 12.5 Å². The molecule has 0 bridgehead atoms. The van der Waals surface area contributed by atoms with Gasteiger partial charge in [0, 0.05) is 39.3 Å². The van der Waals surface area contributed by atoms with Crippen LogP contribution in [0.2, 0.25) is 0 Å². The van der Waals surface area contributed by atoms with E-state index < -0.39 is 5.97 Å². The maximum atomic E-state index is 12.2. The third-order valence-electron chi connectivity index (χ3n) is 3.46. The summed E-state index contributed by atoms with van der Waals surface area (Å²) in [6, 6.07) is 0. The molecule has 0 radical (unpaired) electrons. The number of hydrogen-bond donors (Lipinski definition) is 2. The number of nitrogens with one attached hydrogen (secondary N) is 1. The molecule has 0 saturated carbocycles. The Balaban J connectivity index is 1.79. The SMILES string of the molecule is O=C(O)CC1CN(C(=O)CN2CCNCC2)CCO1. The van der Waals surface area contributed by atoms with Crippen molar-refractivity contribution < 1.29 is 19.4 Å². The van der Waals surface area contributed by atoms with E-state index in [9.17, 15) is 9.59 Å². The monoisotopic (exact) mass is 271 g/mol. The number of carbonyl (C=O) groups is 2. The predicted molar refractivity (Wildman–Crippen MR) is 67.9 cm³/mol. The van der Waals surface area contributed by atoms with Gasteiger partial charge in [0.15, 0.2) is 0 Å². The summed E-state index contributed by atoms with van der Waals surface area (Å²) in [5.41, 5.74) is 0. The number of hydrogen-bond acceptors (Lipinski definition) is 5. The molecule has 0 aromatic heterocycles. The van der Waals surface area contributed by atoms with Gasteiger partial charge in [0.25, 0.3) is 0 Å². The van der Waals surface area contributed by atoms with Gasteiger partial charge < -0.3 is 20.1 Å². The van der Waals surface area contributed by atoms with E-state index in [0.717, 1.165) is 26.2 Å². The van der Waals surface area contributed by atoms with Crippen molar-refractivity contribution in [2.75, 3.05) is 52.4 Å². The normalized spacial score (nSPS) is 25.3. The lowest BCUT2D eigenvalue weighted by Gasteiger charge is -2.34. The lowest BCUT2D eigenvalue weighted by molar-refractivity contribution is -0.148. The predicted octanol–water partition coefficient (Wildman–Crippen LogP) is -1.41. The zero-order valence-corrected chi connectivity index (χ0v) is 11.0. The van der Waals surface area contributed by atoms with E-state index >= 15 is 0 Å². The second-order valence-electron chi connectivity index (χ2n) is 4.96. The summed E-state index contributed by atoms with van der Waals surface area (Å²) in [6.45, 7) is 5.38. The second-order valence-corrected chi connectivity index (χ2v) is 4.96. The van der Waals surface area contributed by atoms with Crippen LogP contribution in [0.15, 0.2) is 0 Å². The summed E-state index contributed by atoms with van der Waals surface area (Å²) in [4.78, 5) is 26.7. The molecular formula is C12H21N3O4. The highest BCUT2D eigenvalue weighted by atomic mass is 16.5. The molecule has 2 N–H and O–H groups in total. The largest absolute Gasteiger partial charge is 0.481 e. The van der Waals surface area contributed by atoms with Gasteiger partial charge >= 0.3 is 5.97 Å². The van der Waals surface area contributed by atoms with Crippen molar-refractivity contribution in [1.82, 2.24) is 15.1 Å². The van der Waals surface area contributed by atoms with Crippen molar-refractivity contribution in [3.63, 3.8) is 0 Å². The Labute approximate surface area is 112 Å². The third-order valence-corrected chi connectivity index (χ3v) is 3.46. The number of amides is 1. The molecule has 2 saturated heterocycles. The van der Waals surface area contributed by atoms with Crippen molar-refractivity contribution in [2.24, 2.45) is 0 Å². The Morgan fingerprint density at radius 3 is 2.68 bits per heavy atom. The van der Waals surface area contributed by atoms with Crippen molar-refractivity contribution >= 4 is 11.9 Å². The van der Waals surface area contributed by atoms with Gasteiger partial charge in [0.2, 0.25) is 5.91 Å². The quantitative estimate of drug-likeness (QED) is 0.654. The molecule has 0 spiro atoms. The summed E-state index contributed by atoms with van der Waals surface area (Å²) >= 11 is 0. The molecule has 0 aromatic carbocycles. The Morgan fingerprint density at radius 1 is 1.26 bits per heavy atom. The average molecular weight is 271 g/mol. The Hall–Kier alpha value is -1.18. The standard InChI is InChI=1S/C12H21N3O4/c16-11(9-14-3-1-13-2-4-14)15-5-6-19-10(8-15)7-12(17)18/h10,13H,1-9H2,(H,17,18). The number of nitrogens with zero attached hydrogens (tertiary/aromatic N) is 2. The van der Waals surface area contributed by atoms with Crippen LogP contribution in [0, 0.1) is 0 Å². The minimum Gasteiger partial charge on any atom is -0.481 e. The lowest BCUT2D eigenvalue weighted by atomic mass is 10.2. The highest BCUT2D eigenvalue weighted by Crippen LogP contribution is 2.09. The van der Waals surface area contributed by atoms with Gasteiger partial charge in [-0.15, -0.1) is 0 Å². The number of ether oxygens (including phenoxy) is 1. The van der Waals surface area contributed by atoms with Crippen LogP contribution in [0.4, 0.5) is 0 Å². The molecule has 108 valence electrons. The molecule has 2 heterocycles. The zero-order valence-electron chi connectivity index (χ0n) is 11.0. The summed E-state index contributed by atoms with van der Waals surface area (Å²) in [5.74, 6) is -0.818. The van der Waals surface area contributed by atoms with E-state index in [1.807, 2.05) is 0 Å². The van der Waals surface area contributed by atoms with Gasteiger partial charge in [-0.05, 0) is 0 Å². The van der Waals surface area contributed by atoms with Crippen LogP contribution in [-0.4, -0.2) is 85.3 Å². The van der Waals surface area contributed by atoms with Crippen LogP contribution in [-0.2, 0) is 14.3 Å². The second kappa shape index (κ2) is 6.83. The molecule has 0 aromatic rings. The molecular weight excluding hydrogens is 250 g/mol. The highest BCUT2D eigenvalue weighted by Gasteiger charge is 2.27. The minimum absolute atomic E-state index is 0.0442. The average Bonchev–Trinajstić information content (AvgIpc) is 2.39. The first-order chi connectivity index (χ1) is 9.15. The van der Waals surface area contributed by atoms with Gasteiger partial charge in [-0.1, -0.05) is 0 Å². The summed E-state index contributed by atoms with van der Waals surface area (Å²) < 4.78 is 5.36. The molecule has 2 rings (SSSR count). The Bertz CT molecular complexity index is 331. The van der Waals surface area contributed by atoms with Crippen molar-refractivity contribution in [1.29, 1.82) is 0 Å². The molecule has 0 aliphatic carbocycles. The van der Waals surface area contributed by atoms with Crippen molar-refractivity contribution in [3.8, 4) is 0 Å². The molecule has 19 heavy (non-hydrogen) atoms. The van der Waals surface area contributed by atoms with Gasteiger partial charge in [0.1, 0.15) is 0 Å². The van der Waals surface area contributed by atoms with E-state index in [1.165, 1.54) is 0 Å². The van der Waals surface area contributed by atoms with Crippen LogP contribution < -0.4 is 5.32 Å². The van der Waals surface area contributed by atoms with Gasteiger partial charge in [-0.2, -0.15) is 0 Å². The fraction of sp³-hybridized carbons (Fsp3) is 0.833. The fourth-order valence-corrected chi connectivity index (χ4v) is 2.42. The Kier molecular flexibility index (Phi) is 5.12. The zero-order chi connectivity index (χ0) is 13.7. The first-order valence-electron chi connectivity index (χ1n) is 6.69. The maximum Gasteiger partial charge on any atom is 0.306 e. The highest BCUT2D eigenvalue weighted by molar-refractivity contribution is 5.78. The van der Waals surface area contributed by atoms with Crippen LogP contribution in [0.1, 0.15) is 6.42 Å². The van der Waals surface area contributed by atoms with E-state index in [-0.39, 0.29) is 18.4 Å².